The first kappa shape index (κ1) is 8.69. The van der Waals surface area contributed by atoms with Gasteiger partial charge in [0.15, 0.2) is 0 Å². The number of rotatable bonds is 2. The summed E-state index contributed by atoms with van der Waals surface area (Å²) in [5.41, 5.74) is 0. The van der Waals surface area contributed by atoms with Crippen LogP contribution in [0.15, 0.2) is 0 Å². The quantitative estimate of drug-likeness (QED) is 0.510. The van der Waals surface area contributed by atoms with E-state index in [1.54, 1.807) is 11.8 Å². The van der Waals surface area contributed by atoms with Crippen LogP contribution in [0.1, 0.15) is 20.8 Å². The topological polar surface area (TPSA) is 20.3 Å². The van der Waals surface area contributed by atoms with E-state index in [4.69, 9.17) is 0 Å². The summed E-state index contributed by atoms with van der Waals surface area (Å²) >= 11 is 0. The van der Waals surface area contributed by atoms with Crippen molar-refractivity contribution in [1.29, 1.82) is 0 Å². The van der Waals surface area contributed by atoms with Gasteiger partial charge in [-0.1, -0.05) is 0 Å². The molecule has 0 N–H and O–H groups in total. The first-order chi connectivity index (χ1) is 4.09. The Morgan fingerprint density at radius 3 is 2.11 bits per heavy atom. The number of carbonyl (C=O) groups excluding carboxylic acids is 1. The summed E-state index contributed by atoms with van der Waals surface area (Å²) in [5.74, 6) is 0.111. The molecule has 0 saturated carbocycles. The molecule has 0 saturated heterocycles. The molecule has 0 bridgehead atoms. The maximum atomic E-state index is 10.7. The van der Waals surface area contributed by atoms with Crippen molar-refractivity contribution in [3.63, 3.8) is 0 Å². The van der Waals surface area contributed by atoms with E-state index in [0.29, 0.717) is 12.2 Å². The van der Waals surface area contributed by atoms with E-state index in [-0.39, 0.29) is 5.91 Å². The van der Waals surface area contributed by atoms with Gasteiger partial charge in [-0.2, -0.15) is 0 Å². The maximum Gasteiger partial charge on any atom is 0.219 e. The Bertz CT molecular complexity index is 103. The molecule has 9 heavy (non-hydrogen) atoms. The van der Waals surface area contributed by atoms with E-state index in [1.165, 1.54) is 0 Å². The third-order valence-electron chi connectivity index (χ3n) is 1.20. The highest BCUT2D eigenvalue weighted by atomic mass is 28.1. The van der Waals surface area contributed by atoms with Crippen molar-refractivity contribution >= 4 is 16.1 Å². The Hall–Kier alpha value is -0.313. The van der Waals surface area contributed by atoms with Gasteiger partial charge in [0.1, 0.15) is 0 Å². The Kier molecular flexibility index (Phi) is 3.54. The fourth-order valence-electron chi connectivity index (χ4n) is 0.658. The summed E-state index contributed by atoms with van der Waals surface area (Å²) < 4.78 is 0. The van der Waals surface area contributed by atoms with Gasteiger partial charge in [0.2, 0.25) is 5.91 Å². The van der Waals surface area contributed by atoms with E-state index < -0.39 is 0 Å². The minimum absolute atomic E-state index is 0.111. The monoisotopic (exact) mass is 142 g/mol. The average molecular weight is 142 g/mol. The summed E-state index contributed by atoms with van der Waals surface area (Å²) in [4.78, 5) is 12.4. The van der Waals surface area contributed by atoms with Crippen molar-refractivity contribution in [2.24, 2.45) is 0 Å². The van der Waals surface area contributed by atoms with Crippen LogP contribution in [0.25, 0.3) is 0 Å². The predicted molar refractivity (Wildman–Crippen MR) is 38.3 cm³/mol. The second-order valence-corrected chi connectivity index (χ2v) is 2.56. The molecule has 0 fully saturated rings. The summed E-state index contributed by atoms with van der Waals surface area (Å²) in [5, 5.41) is 0. The lowest BCUT2D eigenvalue weighted by atomic mass is 10.3. The van der Waals surface area contributed by atoms with Crippen LogP contribution in [0.2, 0.25) is 0 Å². The maximum absolute atomic E-state index is 10.7. The van der Waals surface area contributed by atoms with Crippen LogP contribution >= 0.6 is 0 Å². The molecular weight excluding hydrogens is 130 g/mol. The third-order valence-corrected chi connectivity index (χ3v) is 1.54. The summed E-state index contributed by atoms with van der Waals surface area (Å²) in [6, 6.07) is 0.292. The van der Waals surface area contributed by atoms with Crippen LogP contribution in [0, 0.1) is 0 Å². The van der Waals surface area contributed by atoms with Crippen LogP contribution in [0.5, 0.6) is 0 Å². The highest BCUT2D eigenvalue weighted by Crippen LogP contribution is 1.94. The largest absolute Gasteiger partial charge is 0.344 e. The lowest BCUT2D eigenvalue weighted by Gasteiger charge is -2.22. The van der Waals surface area contributed by atoms with Gasteiger partial charge in [-0.3, -0.25) is 4.79 Å². The summed E-state index contributed by atoms with van der Waals surface area (Å²) in [6.07, 6.45) is 0.618. The molecule has 3 heteroatoms. The van der Waals surface area contributed by atoms with Gasteiger partial charge in [-0.25, -0.2) is 0 Å². The van der Waals surface area contributed by atoms with Crippen LogP contribution in [0.4, 0.5) is 0 Å². The minimum Gasteiger partial charge on any atom is -0.344 e. The molecule has 0 aromatic heterocycles. The summed E-state index contributed by atoms with van der Waals surface area (Å²) in [7, 11) is 3.27. The van der Waals surface area contributed by atoms with Crippen molar-refractivity contribution in [3.05, 3.63) is 0 Å². The molecule has 1 amide bonds. The first-order valence-corrected chi connectivity index (χ1v) is 3.72. The normalized spacial score (nSPS) is 9.89. The van der Waals surface area contributed by atoms with Crippen molar-refractivity contribution < 1.29 is 4.79 Å². The third kappa shape index (κ3) is 2.65. The smallest absolute Gasteiger partial charge is 0.219 e. The molecule has 0 aromatic carbocycles. The van der Waals surface area contributed by atoms with Crippen molar-refractivity contribution in [3.8, 4) is 0 Å². The Balaban J connectivity index is 3.83. The van der Waals surface area contributed by atoms with E-state index in [1.807, 2.05) is 13.8 Å². The highest BCUT2D eigenvalue weighted by Gasteiger charge is 2.07. The van der Waals surface area contributed by atoms with E-state index in [2.05, 4.69) is 10.2 Å². The molecular formula is C6H12NOSi. The Morgan fingerprint density at radius 1 is 1.67 bits per heavy atom. The second kappa shape index (κ2) is 3.66. The molecule has 0 aromatic rings. The van der Waals surface area contributed by atoms with Crippen LogP contribution in [-0.2, 0) is 4.79 Å². The SMILES string of the molecule is CC(=O)N(C[Si])C(C)C. The van der Waals surface area contributed by atoms with Crippen molar-refractivity contribution in [2.45, 2.75) is 26.8 Å². The van der Waals surface area contributed by atoms with Crippen LogP contribution in [-0.4, -0.2) is 33.3 Å². The zero-order chi connectivity index (χ0) is 7.44. The molecule has 0 heterocycles. The predicted octanol–water partition coefficient (Wildman–Crippen LogP) is 0.369. The first-order valence-electron chi connectivity index (χ1n) is 3.01. The van der Waals surface area contributed by atoms with Gasteiger partial charge in [-0.15, -0.1) is 0 Å². The van der Waals surface area contributed by atoms with E-state index >= 15 is 0 Å². The molecule has 0 rings (SSSR count). The van der Waals surface area contributed by atoms with Crippen LogP contribution in [0.3, 0.4) is 0 Å². The molecule has 51 valence electrons. The van der Waals surface area contributed by atoms with Gasteiger partial charge in [-0.05, 0) is 13.8 Å². The number of hydrogen-bond donors (Lipinski definition) is 0. The van der Waals surface area contributed by atoms with E-state index in [0.717, 1.165) is 0 Å². The van der Waals surface area contributed by atoms with Gasteiger partial charge in [0, 0.05) is 19.1 Å². The number of carbonyl (C=O) groups is 1. The average Bonchev–Trinajstić information content (AvgIpc) is 1.64. The van der Waals surface area contributed by atoms with Crippen LogP contribution < -0.4 is 0 Å². The Morgan fingerprint density at radius 2 is 2.11 bits per heavy atom. The Labute approximate surface area is 59.7 Å². The molecule has 0 unspecified atom stereocenters. The zero-order valence-electron chi connectivity index (χ0n) is 6.14. The van der Waals surface area contributed by atoms with E-state index in [9.17, 15) is 4.79 Å². The van der Waals surface area contributed by atoms with Gasteiger partial charge < -0.3 is 4.90 Å². The van der Waals surface area contributed by atoms with Crippen molar-refractivity contribution in [1.82, 2.24) is 4.90 Å². The number of hydrogen-bond acceptors (Lipinski definition) is 1. The molecule has 0 aliphatic heterocycles. The molecule has 0 atom stereocenters. The highest BCUT2D eigenvalue weighted by molar-refractivity contribution is 6.09. The van der Waals surface area contributed by atoms with Gasteiger partial charge in [0.25, 0.3) is 0 Å². The molecule has 0 aliphatic carbocycles. The van der Waals surface area contributed by atoms with Gasteiger partial charge >= 0.3 is 0 Å². The standard InChI is InChI=1S/C6H12NOSi/c1-5(2)7(4-9)6(3)8/h5H,4H2,1-3H3. The fraction of sp³-hybridized carbons (Fsp3) is 0.833. The summed E-state index contributed by atoms with van der Waals surface area (Å²) in [6.45, 7) is 5.54. The van der Waals surface area contributed by atoms with Gasteiger partial charge in [0.05, 0.1) is 10.2 Å². The number of amides is 1. The molecule has 2 nitrogen and oxygen atoms in total. The molecule has 3 radical (unpaired) electrons. The zero-order valence-corrected chi connectivity index (χ0v) is 7.14. The molecule has 0 spiro atoms. The lowest BCUT2D eigenvalue weighted by molar-refractivity contribution is -0.129. The lowest BCUT2D eigenvalue weighted by Crippen LogP contribution is -2.35. The minimum atomic E-state index is 0.111. The number of nitrogens with zero attached hydrogens (tertiary/aromatic N) is 1. The molecule has 0 aliphatic rings. The van der Waals surface area contributed by atoms with Crippen molar-refractivity contribution in [2.75, 3.05) is 6.17 Å². The second-order valence-electron chi connectivity index (χ2n) is 2.24. The fourth-order valence-corrected chi connectivity index (χ4v) is 1.25.